The Balaban J connectivity index is 1.46. The highest BCUT2D eigenvalue weighted by Gasteiger charge is 2.53. The summed E-state index contributed by atoms with van der Waals surface area (Å²) in [4.78, 5) is 39.5. The van der Waals surface area contributed by atoms with Crippen molar-refractivity contribution < 1.29 is 42.8 Å². The molecule has 50 heavy (non-hydrogen) atoms. The lowest BCUT2D eigenvalue weighted by Gasteiger charge is -2.31. The summed E-state index contributed by atoms with van der Waals surface area (Å²) in [5.74, 6) is -1.90. The number of carbonyl (C=O) groups excluding carboxylic acids is 3. The van der Waals surface area contributed by atoms with Gasteiger partial charge < -0.3 is 33.7 Å². The first-order chi connectivity index (χ1) is 24.3. The number of rotatable bonds is 13. The molecule has 13 heteroatoms. The Morgan fingerprint density at radius 1 is 0.880 bits per heavy atom. The second-order valence-corrected chi connectivity index (χ2v) is 11.6. The molecule has 6 rings (SSSR count). The molecular formula is C37H33N3O9S. The molecule has 256 valence electrons. The number of esters is 2. The van der Waals surface area contributed by atoms with E-state index in [-0.39, 0.29) is 18.6 Å². The zero-order valence-corrected chi connectivity index (χ0v) is 28.3. The molecule has 1 atom stereocenters. The Morgan fingerprint density at radius 2 is 1.64 bits per heavy atom. The maximum absolute atomic E-state index is 14.0. The normalized spacial score (nSPS) is 15.4. The molecule has 0 saturated heterocycles. The number of alkyl carbamates (subject to hydrolysis) is 1. The topological polar surface area (TPSA) is 144 Å². The minimum absolute atomic E-state index is 0.0355. The van der Waals surface area contributed by atoms with Crippen LogP contribution in [0.15, 0.2) is 96.6 Å². The quantitative estimate of drug-likeness (QED) is 0.145. The summed E-state index contributed by atoms with van der Waals surface area (Å²) >= 11 is 1.05. The minimum atomic E-state index is -2.07. The number of nitrogens with zero attached hydrogens (tertiary/aromatic N) is 2. The zero-order valence-electron chi connectivity index (χ0n) is 27.5. The lowest BCUT2D eigenvalue weighted by molar-refractivity contribution is -0.185. The fourth-order valence-corrected chi connectivity index (χ4v) is 6.08. The molecule has 4 aromatic carbocycles. The summed E-state index contributed by atoms with van der Waals surface area (Å²) in [6, 6.07) is 27.0. The van der Waals surface area contributed by atoms with Crippen LogP contribution in [-0.2, 0) is 42.6 Å². The van der Waals surface area contributed by atoms with Gasteiger partial charge in [-0.2, -0.15) is 8.75 Å². The molecule has 0 bridgehead atoms. The Kier molecular flexibility index (Phi) is 10.2. The highest BCUT2D eigenvalue weighted by molar-refractivity contribution is 7.00. The monoisotopic (exact) mass is 695 g/mol. The summed E-state index contributed by atoms with van der Waals surface area (Å²) in [6.07, 6.45) is -0.982. The number of ether oxygens (including phenoxy) is 6. The number of hydrogen-bond acceptors (Lipinski definition) is 12. The summed E-state index contributed by atoms with van der Waals surface area (Å²) in [7, 11) is 3.05. The number of methoxy groups -OCH3 is 2. The van der Waals surface area contributed by atoms with Crippen molar-refractivity contribution in [2.24, 2.45) is 0 Å². The van der Waals surface area contributed by atoms with Gasteiger partial charge in [0, 0.05) is 23.6 Å². The predicted molar refractivity (Wildman–Crippen MR) is 184 cm³/mol. The number of benzene rings is 4. The van der Waals surface area contributed by atoms with Crippen LogP contribution in [0.1, 0.15) is 29.2 Å². The molecule has 5 aromatic rings. The first-order valence-electron chi connectivity index (χ1n) is 15.6. The van der Waals surface area contributed by atoms with Crippen LogP contribution in [0.2, 0.25) is 0 Å². The summed E-state index contributed by atoms with van der Waals surface area (Å²) < 4.78 is 42.9. The fraction of sp³-hybridized carbons (Fsp3) is 0.216. The maximum Gasteiger partial charge on any atom is 0.411 e. The van der Waals surface area contributed by atoms with Gasteiger partial charge in [0.1, 0.15) is 41.4 Å². The van der Waals surface area contributed by atoms with Crippen LogP contribution in [0, 0.1) is 0 Å². The summed E-state index contributed by atoms with van der Waals surface area (Å²) in [5, 5.41) is 2.41. The van der Waals surface area contributed by atoms with E-state index in [2.05, 4.69) is 14.1 Å². The van der Waals surface area contributed by atoms with Crippen LogP contribution < -0.4 is 19.5 Å². The number of cyclic esters (lactones) is 1. The largest absolute Gasteiger partial charge is 0.497 e. The molecule has 0 fully saturated rings. The highest BCUT2D eigenvalue weighted by Crippen LogP contribution is 2.48. The number of hydrogen-bond donors (Lipinski definition) is 1. The third kappa shape index (κ3) is 7.22. The van der Waals surface area contributed by atoms with Gasteiger partial charge in [0.05, 0.1) is 38.1 Å². The molecule has 0 radical (unpaired) electrons. The molecule has 1 aliphatic heterocycles. The van der Waals surface area contributed by atoms with Crippen molar-refractivity contribution in [3.8, 4) is 17.2 Å². The molecule has 1 amide bonds. The van der Waals surface area contributed by atoms with Crippen molar-refractivity contribution in [1.82, 2.24) is 14.1 Å². The average molecular weight is 696 g/mol. The van der Waals surface area contributed by atoms with Crippen molar-refractivity contribution >= 4 is 46.4 Å². The standard InChI is InChI=1S/C37H33N3O9S/c1-4-46-33(41)21-38-36(43)49-37(26-12-15-27(44-2)16-13-26)29(34(35(42)48-37)25-11-17-30-31(19-25)40-50-39-30)18-24-10-14-28(20-32(24)45-3)47-22-23-8-6-5-7-9-23/h5-17,19-20H,4,18,21-22H2,1-3H3,(H,38,43). The predicted octanol–water partition coefficient (Wildman–Crippen LogP) is 5.98. The van der Waals surface area contributed by atoms with Crippen LogP contribution >= 0.6 is 11.7 Å². The molecule has 12 nitrogen and oxygen atoms in total. The number of nitrogens with one attached hydrogen (secondary N) is 1. The van der Waals surface area contributed by atoms with Gasteiger partial charge in [0.25, 0.3) is 0 Å². The number of carbonyl (C=O) groups is 3. The van der Waals surface area contributed by atoms with Crippen LogP contribution in [0.4, 0.5) is 4.79 Å². The first kappa shape index (κ1) is 33.9. The SMILES string of the molecule is CCOC(=O)CNC(=O)OC1(c2ccc(OC)cc2)OC(=O)C(c2ccc3nsnc3c2)=C1Cc1ccc(OCc2ccccc2)cc1OC. The van der Waals surface area contributed by atoms with Gasteiger partial charge in [-0.15, -0.1) is 0 Å². The zero-order chi connectivity index (χ0) is 35.1. The summed E-state index contributed by atoms with van der Waals surface area (Å²) in [5.41, 5.74) is 4.17. The van der Waals surface area contributed by atoms with E-state index in [1.165, 1.54) is 14.2 Å². The maximum atomic E-state index is 14.0. The van der Waals surface area contributed by atoms with Crippen molar-refractivity contribution in [3.63, 3.8) is 0 Å². The van der Waals surface area contributed by atoms with Crippen molar-refractivity contribution in [2.45, 2.75) is 25.7 Å². The highest BCUT2D eigenvalue weighted by atomic mass is 32.1. The lowest BCUT2D eigenvalue weighted by atomic mass is 9.87. The fourth-order valence-electron chi connectivity index (χ4n) is 5.57. The van der Waals surface area contributed by atoms with Crippen molar-refractivity contribution in [1.29, 1.82) is 0 Å². The van der Waals surface area contributed by atoms with E-state index in [1.807, 2.05) is 36.4 Å². The van der Waals surface area contributed by atoms with Crippen LogP contribution in [-0.4, -0.2) is 54.2 Å². The number of fused-ring (bicyclic) bond motifs is 1. The van der Waals surface area contributed by atoms with E-state index in [0.717, 1.165) is 17.3 Å². The average Bonchev–Trinajstić information content (AvgIpc) is 3.72. The van der Waals surface area contributed by atoms with Gasteiger partial charge in [-0.05, 0) is 66.1 Å². The molecule has 1 unspecified atom stereocenters. The van der Waals surface area contributed by atoms with Crippen LogP contribution in [0.5, 0.6) is 17.2 Å². The third-order valence-corrected chi connectivity index (χ3v) is 8.50. The molecule has 2 heterocycles. The molecule has 1 aromatic heterocycles. The Hall–Kier alpha value is -5.95. The van der Waals surface area contributed by atoms with Gasteiger partial charge in [0.2, 0.25) is 0 Å². The molecule has 0 saturated carbocycles. The Morgan fingerprint density at radius 3 is 2.38 bits per heavy atom. The second-order valence-electron chi connectivity index (χ2n) is 11.0. The summed E-state index contributed by atoms with van der Waals surface area (Å²) in [6.45, 7) is 1.68. The van der Waals surface area contributed by atoms with Crippen molar-refractivity contribution in [2.75, 3.05) is 27.4 Å². The Labute approximate surface area is 291 Å². The smallest absolute Gasteiger partial charge is 0.411 e. The molecular weight excluding hydrogens is 662 g/mol. The van der Waals surface area contributed by atoms with E-state index in [9.17, 15) is 14.4 Å². The van der Waals surface area contributed by atoms with E-state index in [4.69, 9.17) is 28.4 Å². The van der Waals surface area contributed by atoms with Gasteiger partial charge in [-0.3, -0.25) is 4.79 Å². The van der Waals surface area contributed by atoms with E-state index in [0.29, 0.717) is 57.2 Å². The van der Waals surface area contributed by atoms with Crippen LogP contribution in [0.3, 0.4) is 0 Å². The van der Waals surface area contributed by atoms with E-state index < -0.39 is 30.4 Å². The Bertz CT molecular complexity index is 2050. The van der Waals surface area contributed by atoms with E-state index >= 15 is 0 Å². The molecule has 1 aliphatic rings. The van der Waals surface area contributed by atoms with Gasteiger partial charge in [-0.25, -0.2) is 9.59 Å². The van der Waals surface area contributed by atoms with Gasteiger partial charge in [-0.1, -0.05) is 42.5 Å². The van der Waals surface area contributed by atoms with Gasteiger partial charge in [0.15, 0.2) is 0 Å². The minimum Gasteiger partial charge on any atom is -0.497 e. The number of aromatic nitrogens is 2. The van der Waals surface area contributed by atoms with Crippen LogP contribution in [0.25, 0.3) is 16.6 Å². The number of amides is 1. The molecule has 0 spiro atoms. The molecule has 0 aliphatic carbocycles. The lowest BCUT2D eigenvalue weighted by Crippen LogP contribution is -2.41. The van der Waals surface area contributed by atoms with Crippen molar-refractivity contribution in [3.05, 3.63) is 119 Å². The third-order valence-electron chi connectivity index (χ3n) is 7.95. The first-order valence-corrected chi connectivity index (χ1v) is 16.4. The molecule has 1 N–H and O–H groups in total. The second kappa shape index (κ2) is 15.1. The van der Waals surface area contributed by atoms with Gasteiger partial charge >= 0.3 is 23.8 Å². The van der Waals surface area contributed by atoms with E-state index in [1.54, 1.807) is 61.5 Å².